The number of ether oxygens (including phenoxy) is 1. The maximum atomic E-state index is 13.8. The van der Waals surface area contributed by atoms with Gasteiger partial charge in [-0.15, -0.1) is 0 Å². The van der Waals surface area contributed by atoms with Crippen molar-refractivity contribution >= 4 is 17.6 Å². The largest absolute Gasteiger partial charge is 0.465 e. The van der Waals surface area contributed by atoms with Crippen LogP contribution < -0.4 is 11.1 Å². The molecule has 0 heterocycles. The molecule has 2 unspecified atom stereocenters. The Morgan fingerprint density at radius 3 is 2.76 bits per heavy atom. The maximum absolute atomic E-state index is 13.8. The van der Waals surface area contributed by atoms with E-state index in [1.165, 1.54) is 19.2 Å². The van der Waals surface area contributed by atoms with Gasteiger partial charge in [0.05, 0.1) is 23.8 Å². The minimum Gasteiger partial charge on any atom is -0.465 e. The van der Waals surface area contributed by atoms with Gasteiger partial charge in [-0.1, -0.05) is 6.42 Å². The molecule has 6 heteroatoms. The third-order valence-electron chi connectivity index (χ3n) is 4.18. The van der Waals surface area contributed by atoms with E-state index in [4.69, 9.17) is 5.73 Å². The first kappa shape index (κ1) is 15.4. The Morgan fingerprint density at radius 1 is 1.48 bits per heavy atom. The van der Waals surface area contributed by atoms with E-state index >= 15 is 0 Å². The highest BCUT2D eigenvalue weighted by atomic mass is 19.1. The standard InChI is InChI=1S/C15H19FN2O3/c1-15(7-3-4-12(15)17)14(20)18-11-8-9(13(19)21-2)5-6-10(11)16/h5-6,8,12H,3-4,7,17H2,1-2H3,(H,18,20). The van der Waals surface area contributed by atoms with Crippen molar-refractivity contribution in [3.05, 3.63) is 29.6 Å². The third-order valence-corrected chi connectivity index (χ3v) is 4.18. The van der Waals surface area contributed by atoms with E-state index in [1.807, 2.05) is 0 Å². The maximum Gasteiger partial charge on any atom is 0.337 e. The summed E-state index contributed by atoms with van der Waals surface area (Å²) in [4.78, 5) is 23.8. The molecule has 0 bridgehead atoms. The number of hydrogen-bond acceptors (Lipinski definition) is 4. The van der Waals surface area contributed by atoms with E-state index in [9.17, 15) is 14.0 Å². The number of carbonyl (C=O) groups is 2. The zero-order valence-corrected chi connectivity index (χ0v) is 12.1. The van der Waals surface area contributed by atoms with Gasteiger partial charge >= 0.3 is 5.97 Å². The lowest BCUT2D eigenvalue weighted by atomic mass is 9.84. The van der Waals surface area contributed by atoms with Gasteiger partial charge in [0.2, 0.25) is 5.91 Å². The van der Waals surface area contributed by atoms with Gasteiger partial charge in [-0.2, -0.15) is 0 Å². The van der Waals surface area contributed by atoms with Crippen molar-refractivity contribution in [3.8, 4) is 0 Å². The number of benzene rings is 1. The highest BCUT2D eigenvalue weighted by Gasteiger charge is 2.43. The lowest BCUT2D eigenvalue weighted by Gasteiger charge is -2.27. The first-order valence-electron chi connectivity index (χ1n) is 6.83. The summed E-state index contributed by atoms with van der Waals surface area (Å²) in [5.41, 5.74) is 5.40. The minimum absolute atomic E-state index is 0.0387. The minimum atomic E-state index is -0.715. The summed E-state index contributed by atoms with van der Waals surface area (Å²) >= 11 is 0. The van der Waals surface area contributed by atoms with Gasteiger partial charge < -0.3 is 15.8 Å². The number of rotatable bonds is 3. The van der Waals surface area contributed by atoms with Crippen LogP contribution in [0, 0.1) is 11.2 Å². The average Bonchev–Trinajstić information content (AvgIpc) is 2.81. The summed E-state index contributed by atoms with van der Waals surface area (Å²) in [7, 11) is 1.24. The number of carbonyl (C=O) groups excluding carboxylic acids is 2. The molecular weight excluding hydrogens is 275 g/mol. The van der Waals surface area contributed by atoms with Gasteiger partial charge in [0.15, 0.2) is 0 Å². The smallest absolute Gasteiger partial charge is 0.337 e. The van der Waals surface area contributed by atoms with Crippen molar-refractivity contribution in [2.45, 2.75) is 32.2 Å². The topological polar surface area (TPSA) is 81.4 Å². The monoisotopic (exact) mass is 294 g/mol. The van der Waals surface area contributed by atoms with Crippen molar-refractivity contribution < 1.29 is 18.7 Å². The molecule has 1 amide bonds. The molecule has 0 aliphatic heterocycles. The van der Waals surface area contributed by atoms with Gasteiger partial charge in [-0.3, -0.25) is 4.79 Å². The van der Waals surface area contributed by atoms with Crippen LogP contribution >= 0.6 is 0 Å². The summed E-state index contributed by atoms with van der Waals surface area (Å²) < 4.78 is 18.4. The number of halogens is 1. The summed E-state index contributed by atoms with van der Waals surface area (Å²) in [5, 5.41) is 2.54. The van der Waals surface area contributed by atoms with Gasteiger partial charge in [0.25, 0.3) is 0 Å². The fourth-order valence-corrected chi connectivity index (χ4v) is 2.61. The summed E-state index contributed by atoms with van der Waals surface area (Å²) in [6.07, 6.45) is 2.31. The van der Waals surface area contributed by atoms with Crippen LogP contribution in [0.4, 0.5) is 10.1 Å². The molecule has 1 aromatic rings. The SMILES string of the molecule is COC(=O)c1ccc(F)c(NC(=O)C2(C)CCCC2N)c1. The van der Waals surface area contributed by atoms with Crippen LogP contribution in [-0.2, 0) is 9.53 Å². The first-order chi connectivity index (χ1) is 9.88. The molecule has 1 saturated carbocycles. The van der Waals surface area contributed by atoms with E-state index in [0.29, 0.717) is 6.42 Å². The van der Waals surface area contributed by atoms with Crippen LogP contribution in [0.5, 0.6) is 0 Å². The second kappa shape index (κ2) is 5.81. The van der Waals surface area contributed by atoms with Crippen molar-refractivity contribution in [1.29, 1.82) is 0 Å². The second-order valence-corrected chi connectivity index (χ2v) is 5.56. The fourth-order valence-electron chi connectivity index (χ4n) is 2.61. The molecule has 2 atom stereocenters. The van der Waals surface area contributed by atoms with Crippen molar-refractivity contribution in [3.63, 3.8) is 0 Å². The third kappa shape index (κ3) is 2.90. The molecule has 1 fully saturated rings. The molecular formula is C15H19FN2O3. The normalized spacial score (nSPS) is 24.7. The molecule has 5 nitrogen and oxygen atoms in total. The van der Waals surface area contributed by atoms with E-state index in [2.05, 4.69) is 10.1 Å². The number of nitrogens with one attached hydrogen (secondary N) is 1. The van der Waals surface area contributed by atoms with Crippen LogP contribution in [0.15, 0.2) is 18.2 Å². The Bertz CT molecular complexity index is 576. The van der Waals surface area contributed by atoms with Crippen molar-refractivity contribution in [1.82, 2.24) is 0 Å². The van der Waals surface area contributed by atoms with Crippen LogP contribution in [0.1, 0.15) is 36.5 Å². The zero-order valence-electron chi connectivity index (χ0n) is 12.1. The Morgan fingerprint density at radius 2 is 2.19 bits per heavy atom. The predicted molar refractivity (Wildman–Crippen MR) is 76.3 cm³/mol. The Balaban J connectivity index is 2.23. The predicted octanol–water partition coefficient (Wildman–Crippen LogP) is 2.07. The Hall–Kier alpha value is -1.95. The summed E-state index contributed by atoms with van der Waals surface area (Å²) in [6.45, 7) is 1.78. The summed E-state index contributed by atoms with van der Waals surface area (Å²) in [5.74, 6) is -1.52. The molecule has 114 valence electrons. The number of amides is 1. The number of hydrogen-bond donors (Lipinski definition) is 2. The lowest BCUT2D eigenvalue weighted by Crippen LogP contribution is -2.44. The van der Waals surface area contributed by atoms with E-state index < -0.39 is 17.2 Å². The van der Waals surface area contributed by atoms with E-state index in [-0.39, 0.29) is 23.2 Å². The highest BCUT2D eigenvalue weighted by Crippen LogP contribution is 2.37. The second-order valence-electron chi connectivity index (χ2n) is 5.56. The van der Waals surface area contributed by atoms with E-state index in [0.717, 1.165) is 18.9 Å². The quantitative estimate of drug-likeness (QED) is 0.836. The molecule has 0 saturated heterocycles. The highest BCUT2D eigenvalue weighted by molar-refractivity contribution is 5.97. The van der Waals surface area contributed by atoms with Crippen LogP contribution in [0.2, 0.25) is 0 Å². The van der Waals surface area contributed by atoms with Gasteiger partial charge in [-0.05, 0) is 38.0 Å². The zero-order chi connectivity index (χ0) is 15.6. The molecule has 1 aliphatic carbocycles. The number of nitrogens with two attached hydrogens (primary N) is 1. The number of anilines is 1. The number of methoxy groups -OCH3 is 1. The molecule has 1 aliphatic rings. The summed E-state index contributed by atoms with van der Waals surface area (Å²) in [6, 6.07) is 3.45. The molecule has 0 aromatic heterocycles. The molecule has 2 rings (SSSR count). The van der Waals surface area contributed by atoms with E-state index in [1.54, 1.807) is 6.92 Å². The Kier molecular flexibility index (Phi) is 4.27. The first-order valence-corrected chi connectivity index (χ1v) is 6.83. The van der Waals surface area contributed by atoms with Crippen LogP contribution in [0.25, 0.3) is 0 Å². The molecule has 21 heavy (non-hydrogen) atoms. The van der Waals surface area contributed by atoms with Gasteiger partial charge in [0, 0.05) is 6.04 Å². The van der Waals surface area contributed by atoms with Gasteiger partial charge in [-0.25, -0.2) is 9.18 Å². The van der Waals surface area contributed by atoms with Crippen molar-refractivity contribution in [2.24, 2.45) is 11.1 Å². The molecule has 3 N–H and O–H groups in total. The fraction of sp³-hybridized carbons (Fsp3) is 0.467. The van der Waals surface area contributed by atoms with Crippen LogP contribution in [-0.4, -0.2) is 25.0 Å². The van der Waals surface area contributed by atoms with Gasteiger partial charge in [0.1, 0.15) is 5.82 Å². The Labute approximate surface area is 122 Å². The van der Waals surface area contributed by atoms with Crippen LogP contribution in [0.3, 0.4) is 0 Å². The lowest BCUT2D eigenvalue weighted by molar-refractivity contribution is -0.125. The molecule has 0 radical (unpaired) electrons. The average molecular weight is 294 g/mol. The number of esters is 1. The van der Waals surface area contributed by atoms with Crippen molar-refractivity contribution in [2.75, 3.05) is 12.4 Å². The molecule has 1 aromatic carbocycles. The molecule has 0 spiro atoms.